The van der Waals surface area contributed by atoms with E-state index >= 15 is 0 Å². The Morgan fingerprint density at radius 3 is 2.81 bits per heavy atom. The summed E-state index contributed by atoms with van der Waals surface area (Å²) in [6.45, 7) is 0.467. The summed E-state index contributed by atoms with van der Waals surface area (Å²) in [5.41, 5.74) is 5.85. The number of anilines is 1. The maximum absolute atomic E-state index is 12.6. The molecule has 6 nitrogen and oxygen atoms in total. The molecule has 2 rings (SSSR count). The number of piperidine rings is 1. The third-order valence-corrected chi connectivity index (χ3v) is 5.68. The fraction of sp³-hybridized carbons (Fsp3) is 0.462. The van der Waals surface area contributed by atoms with Crippen LogP contribution in [0.5, 0.6) is 0 Å². The Labute approximate surface area is 128 Å². The van der Waals surface area contributed by atoms with Gasteiger partial charge in [-0.15, -0.1) is 0 Å². The predicted octanol–water partition coefficient (Wildman–Crippen LogP) is 1.50. The number of hydrogen-bond donors (Lipinski definition) is 1. The number of ether oxygens (including phenoxy) is 1. The maximum Gasteiger partial charge on any atom is 0.309 e. The minimum atomic E-state index is -3.74. The van der Waals surface area contributed by atoms with Gasteiger partial charge in [0.15, 0.2) is 0 Å². The van der Waals surface area contributed by atoms with Crippen molar-refractivity contribution >= 4 is 33.3 Å². The molecule has 0 aromatic heterocycles. The number of methoxy groups -OCH3 is 1. The van der Waals surface area contributed by atoms with Gasteiger partial charge in [-0.3, -0.25) is 4.79 Å². The molecule has 1 heterocycles. The van der Waals surface area contributed by atoms with Crippen LogP contribution in [0.25, 0.3) is 0 Å². The number of nitrogens with two attached hydrogens (primary N) is 1. The SMILES string of the molecule is COC(=O)C1CCCN(S(=O)(=O)c2ccc(Cl)cc2N)C1. The summed E-state index contributed by atoms with van der Waals surface area (Å²) in [5, 5.41) is 0.373. The number of hydrogen-bond acceptors (Lipinski definition) is 5. The first kappa shape index (κ1) is 16.1. The maximum atomic E-state index is 12.6. The summed E-state index contributed by atoms with van der Waals surface area (Å²) in [6.07, 6.45) is 1.22. The van der Waals surface area contributed by atoms with Crippen molar-refractivity contribution in [2.75, 3.05) is 25.9 Å². The van der Waals surface area contributed by atoms with Gasteiger partial charge in [0.1, 0.15) is 4.90 Å². The highest BCUT2D eigenvalue weighted by atomic mass is 35.5. The van der Waals surface area contributed by atoms with Crippen molar-refractivity contribution in [3.05, 3.63) is 23.2 Å². The Bertz CT molecular complexity index is 648. The molecule has 1 fully saturated rings. The molecule has 1 aromatic carbocycles. The minimum Gasteiger partial charge on any atom is -0.469 e. The van der Waals surface area contributed by atoms with Crippen LogP contribution in [0.3, 0.4) is 0 Å². The predicted molar refractivity (Wildman–Crippen MR) is 79.4 cm³/mol. The zero-order chi connectivity index (χ0) is 15.6. The van der Waals surface area contributed by atoms with Gasteiger partial charge < -0.3 is 10.5 Å². The van der Waals surface area contributed by atoms with Crippen LogP contribution in [0.15, 0.2) is 23.1 Å². The van der Waals surface area contributed by atoms with Crippen LogP contribution in [-0.4, -0.2) is 38.9 Å². The molecular weight excluding hydrogens is 316 g/mol. The van der Waals surface area contributed by atoms with Crippen molar-refractivity contribution in [2.24, 2.45) is 5.92 Å². The van der Waals surface area contributed by atoms with Gasteiger partial charge in [-0.1, -0.05) is 11.6 Å². The second-order valence-electron chi connectivity index (χ2n) is 4.91. The third-order valence-electron chi connectivity index (χ3n) is 3.51. The minimum absolute atomic E-state index is 0.0115. The molecule has 0 aliphatic carbocycles. The summed E-state index contributed by atoms with van der Waals surface area (Å²) < 4.78 is 31.2. The molecule has 1 saturated heterocycles. The number of carbonyl (C=O) groups is 1. The first-order chi connectivity index (χ1) is 9.86. The summed E-state index contributed by atoms with van der Waals surface area (Å²) in [5.74, 6) is -0.828. The van der Waals surface area contributed by atoms with Gasteiger partial charge in [0.05, 0.1) is 18.7 Å². The molecule has 1 aliphatic rings. The molecule has 0 spiro atoms. The van der Waals surface area contributed by atoms with Gasteiger partial charge in [0, 0.05) is 18.1 Å². The molecule has 1 unspecified atom stereocenters. The second-order valence-corrected chi connectivity index (χ2v) is 7.25. The summed E-state index contributed by atoms with van der Waals surface area (Å²) >= 11 is 5.79. The molecule has 0 amide bonds. The largest absolute Gasteiger partial charge is 0.469 e. The van der Waals surface area contributed by atoms with Gasteiger partial charge in [0.2, 0.25) is 10.0 Å². The highest BCUT2D eigenvalue weighted by Gasteiger charge is 2.34. The average Bonchev–Trinajstić information content (AvgIpc) is 2.46. The molecule has 0 saturated carbocycles. The Kier molecular flexibility index (Phi) is 4.75. The summed E-state index contributed by atoms with van der Waals surface area (Å²) in [7, 11) is -2.44. The lowest BCUT2D eigenvalue weighted by atomic mass is 10.0. The van der Waals surface area contributed by atoms with Crippen molar-refractivity contribution in [2.45, 2.75) is 17.7 Å². The first-order valence-electron chi connectivity index (χ1n) is 6.49. The highest BCUT2D eigenvalue weighted by Crippen LogP contribution is 2.29. The lowest BCUT2D eigenvalue weighted by Gasteiger charge is -2.30. The molecule has 0 radical (unpaired) electrons. The number of nitrogens with zero attached hydrogens (tertiary/aromatic N) is 1. The van der Waals surface area contributed by atoms with Crippen LogP contribution in [0, 0.1) is 5.92 Å². The molecule has 2 N–H and O–H groups in total. The smallest absolute Gasteiger partial charge is 0.309 e. The molecule has 116 valence electrons. The van der Waals surface area contributed by atoms with E-state index in [2.05, 4.69) is 0 Å². The number of nitrogen functional groups attached to an aromatic ring is 1. The van der Waals surface area contributed by atoms with Crippen LogP contribution in [-0.2, 0) is 19.6 Å². The monoisotopic (exact) mass is 332 g/mol. The topological polar surface area (TPSA) is 89.7 Å². The van der Waals surface area contributed by atoms with Crippen molar-refractivity contribution in [3.63, 3.8) is 0 Å². The lowest BCUT2D eigenvalue weighted by molar-refractivity contribution is -0.146. The van der Waals surface area contributed by atoms with E-state index in [1.807, 2.05) is 0 Å². The van der Waals surface area contributed by atoms with E-state index in [0.717, 1.165) is 0 Å². The van der Waals surface area contributed by atoms with Crippen LogP contribution in [0.4, 0.5) is 5.69 Å². The number of benzene rings is 1. The van der Waals surface area contributed by atoms with Crippen molar-refractivity contribution in [3.8, 4) is 0 Å². The average molecular weight is 333 g/mol. The Balaban J connectivity index is 2.28. The van der Waals surface area contributed by atoms with Gasteiger partial charge in [0.25, 0.3) is 0 Å². The van der Waals surface area contributed by atoms with Crippen LogP contribution in [0.2, 0.25) is 5.02 Å². The van der Waals surface area contributed by atoms with E-state index in [-0.39, 0.29) is 23.1 Å². The van der Waals surface area contributed by atoms with Crippen molar-refractivity contribution in [1.29, 1.82) is 0 Å². The van der Waals surface area contributed by atoms with Crippen LogP contribution < -0.4 is 5.73 Å². The zero-order valence-electron chi connectivity index (χ0n) is 11.6. The van der Waals surface area contributed by atoms with E-state index in [1.54, 1.807) is 0 Å². The highest BCUT2D eigenvalue weighted by molar-refractivity contribution is 7.89. The summed E-state index contributed by atoms with van der Waals surface area (Å²) in [4.78, 5) is 11.6. The fourth-order valence-corrected chi connectivity index (χ4v) is 4.21. The van der Waals surface area contributed by atoms with E-state index in [9.17, 15) is 13.2 Å². The Morgan fingerprint density at radius 1 is 1.48 bits per heavy atom. The van der Waals surface area contributed by atoms with E-state index in [0.29, 0.717) is 24.4 Å². The normalized spacial score (nSPS) is 20.2. The van der Waals surface area contributed by atoms with Crippen molar-refractivity contribution in [1.82, 2.24) is 4.31 Å². The summed E-state index contributed by atoms with van der Waals surface area (Å²) in [6, 6.07) is 4.26. The van der Waals surface area contributed by atoms with E-state index < -0.39 is 15.9 Å². The molecular formula is C13H17ClN2O4S. The van der Waals surface area contributed by atoms with Crippen molar-refractivity contribution < 1.29 is 17.9 Å². The lowest BCUT2D eigenvalue weighted by Crippen LogP contribution is -2.42. The van der Waals surface area contributed by atoms with Gasteiger partial charge in [-0.25, -0.2) is 8.42 Å². The molecule has 1 aromatic rings. The first-order valence-corrected chi connectivity index (χ1v) is 8.31. The van der Waals surface area contributed by atoms with E-state index in [4.69, 9.17) is 22.1 Å². The van der Waals surface area contributed by atoms with Crippen LogP contribution in [0.1, 0.15) is 12.8 Å². The zero-order valence-corrected chi connectivity index (χ0v) is 13.2. The van der Waals surface area contributed by atoms with Gasteiger partial charge in [-0.05, 0) is 31.0 Å². The third kappa shape index (κ3) is 3.30. The second kappa shape index (κ2) is 6.21. The van der Waals surface area contributed by atoms with Gasteiger partial charge >= 0.3 is 5.97 Å². The quantitative estimate of drug-likeness (QED) is 0.669. The molecule has 0 bridgehead atoms. The Hall–Kier alpha value is -1.31. The molecule has 1 aliphatic heterocycles. The number of sulfonamides is 1. The number of esters is 1. The Morgan fingerprint density at radius 2 is 2.19 bits per heavy atom. The molecule has 1 atom stereocenters. The number of rotatable bonds is 3. The fourth-order valence-electron chi connectivity index (χ4n) is 2.41. The van der Waals surface area contributed by atoms with Crippen LogP contribution >= 0.6 is 11.6 Å². The number of halogens is 1. The molecule has 21 heavy (non-hydrogen) atoms. The molecule has 8 heteroatoms. The number of carbonyl (C=O) groups excluding carboxylic acids is 1. The van der Waals surface area contributed by atoms with Gasteiger partial charge in [-0.2, -0.15) is 4.31 Å². The van der Waals surface area contributed by atoms with E-state index in [1.165, 1.54) is 29.6 Å². The standard InChI is InChI=1S/C13H17ClN2O4S/c1-20-13(17)9-3-2-6-16(8-9)21(18,19)12-5-4-10(14)7-11(12)15/h4-5,7,9H,2-3,6,8,15H2,1H3.